The molecular weight excluding hydrogens is 315 g/mol. The van der Waals surface area contributed by atoms with Crippen LogP contribution >= 0.6 is 0 Å². The van der Waals surface area contributed by atoms with Crippen LogP contribution in [0.4, 0.5) is 13.2 Å². The molecule has 0 saturated carbocycles. The van der Waals surface area contributed by atoms with E-state index in [1.54, 1.807) is 30.5 Å². The maximum Gasteiger partial charge on any atom is 0.250 e. The maximum absolute atomic E-state index is 13.8. The molecule has 2 aromatic carbocycles. The third-order valence-corrected chi connectivity index (χ3v) is 3.75. The van der Waals surface area contributed by atoms with Gasteiger partial charge in [-0.25, -0.2) is 13.2 Å². The van der Waals surface area contributed by atoms with Crippen LogP contribution in [0.15, 0.2) is 65.6 Å². The Labute approximate surface area is 136 Å². The van der Waals surface area contributed by atoms with Crippen LogP contribution in [0.3, 0.4) is 0 Å². The van der Waals surface area contributed by atoms with Gasteiger partial charge in [0.15, 0.2) is 0 Å². The molecule has 0 unspecified atom stereocenters. The van der Waals surface area contributed by atoms with Crippen LogP contribution in [0.2, 0.25) is 0 Å². The molecule has 0 spiro atoms. The normalized spacial score (nSPS) is 10.8. The summed E-state index contributed by atoms with van der Waals surface area (Å²) in [6.45, 7) is 0.0885. The summed E-state index contributed by atoms with van der Waals surface area (Å²) in [6, 6.07) is 12.5. The van der Waals surface area contributed by atoms with Crippen molar-refractivity contribution >= 4 is 0 Å². The molecule has 1 heterocycles. The first-order valence-corrected chi connectivity index (χ1v) is 7.39. The number of benzene rings is 2. The highest BCUT2D eigenvalue weighted by Gasteiger charge is 2.08. The van der Waals surface area contributed by atoms with E-state index in [1.807, 2.05) is 0 Å². The van der Waals surface area contributed by atoms with Gasteiger partial charge < -0.3 is 4.57 Å². The zero-order chi connectivity index (χ0) is 17.1. The summed E-state index contributed by atoms with van der Waals surface area (Å²) in [5.74, 6) is -1.66. The second-order valence-corrected chi connectivity index (χ2v) is 5.51. The predicted octanol–water partition coefficient (Wildman–Crippen LogP) is 3.90. The van der Waals surface area contributed by atoms with Crippen LogP contribution in [0, 0.1) is 17.5 Å². The average Bonchev–Trinajstić information content (AvgIpc) is 2.55. The number of nitrogens with zero attached hydrogens (tertiary/aromatic N) is 1. The molecule has 0 amide bonds. The summed E-state index contributed by atoms with van der Waals surface area (Å²) < 4.78 is 41.8. The topological polar surface area (TPSA) is 22.0 Å². The van der Waals surface area contributed by atoms with Crippen molar-refractivity contribution < 1.29 is 13.2 Å². The quantitative estimate of drug-likeness (QED) is 0.711. The third-order valence-electron chi connectivity index (χ3n) is 3.75. The van der Waals surface area contributed by atoms with E-state index in [-0.39, 0.29) is 24.3 Å². The van der Waals surface area contributed by atoms with E-state index in [2.05, 4.69) is 0 Å². The molecule has 0 saturated heterocycles. The molecule has 0 N–H and O–H groups in total. The largest absolute Gasteiger partial charge is 0.311 e. The highest BCUT2D eigenvalue weighted by molar-refractivity contribution is 5.26. The molecule has 0 radical (unpaired) electrons. The van der Waals surface area contributed by atoms with Gasteiger partial charge in [0.2, 0.25) is 0 Å². The van der Waals surface area contributed by atoms with Gasteiger partial charge in [0, 0.05) is 30.3 Å². The number of halogens is 3. The summed E-state index contributed by atoms with van der Waals surface area (Å²) in [4.78, 5) is 12.0. The fourth-order valence-electron chi connectivity index (χ4n) is 2.50. The van der Waals surface area contributed by atoms with Crippen LogP contribution in [0.25, 0.3) is 0 Å². The Morgan fingerprint density at radius 2 is 1.62 bits per heavy atom. The molecule has 0 aliphatic rings. The van der Waals surface area contributed by atoms with Gasteiger partial charge in [-0.2, -0.15) is 0 Å². The Morgan fingerprint density at radius 3 is 2.38 bits per heavy atom. The third kappa shape index (κ3) is 3.56. The second kappa shape index (κ2) is 6.74. The van der Waals surface area contributed by atoms with Crippen molar-refractivity contribution in [3.05, 3.63) is 105 Å². The van der Waals surface area contributed by atoms with E-state index >= 15 is 0 Å². The lowest BCUT2D eigenvalue weighted by Crippen LogP contribution is -2.20. The zero-order valence-electron chi connectivity index (χ0n) is 12.7. The van der Waals surface area contributed by atoms with Crippen LogP contribution in [-0.2, 0) is 13.0 Å². The summed E-state index contributed by atoms with van der Waals surface area (Å²) in [7, 11) is 0. The first kappa shape index (κ1) is 16.1. The second-order valence-electron chi connectivity index (χ2n) is 5.51. The van der Waals surface area contributed by atoms with Gasteiger partial charge in [-0.1, -0.05) is 30.3 Å². The van der Waals surface area contributed by atoms with Gasteiger partial charge >= 0.3 is 0 Å². The smallest absolute Gasteiger partial charge is 0.250 e. The SMILES string of the molecule is O=c1ccc(Cc2ccc(F)cc2F)cn1Cc1ccccc1F. The monoisotopic (exact) mass is 329 g/mol. The number of rotatable bonds is 4. The standard InChI is InChI=1S/C19H14F3NO/c20-16-7-6-14(18(22)10-16)9-13-5-8-19(24)23(11-13)12-15-3-1-2-4-17(15)21/h1-8,10-11H,9,12H2. The average molecular weight is 329 g/mol. The molecule has 5 heteroatoms. The van der Waals surface area contributed by atoms with E-state index in [4.69, 9.17) is 0 Å². The first-order valence-electron chi connectivity index (χ1n) is 7.39. The molecule has 0 bridgehead atoms. The van der Waals surface area contributed by atoms with E-state index in [9.17, 15) is 18.0 Å². The Kier molecular flexibility index (Phi) is 4.51. The molecule has 24 heavy (non-hydrogen) atoms. The fourth-order valence-corrected chi connectivity index (χ4v) is 2.50. The molecule has 1 aromatic heterocycles. The van der Waals surface area contributed by atoms with Crippen molar-refractivity contribution in [3.8, 4) is 0 Å². The van der Waals surface area contributed by atoms with Gasteiger partial charge in [0.05, 0.1) is 6.54 Å². The van der Waals surface area contributed by atoms with E-state index in [0.717, 1.165) is 6.07 Å². The molecule has 0 aliphatic heterocycles. The summed E-state index contributed by atoms with van der Waals surface area (Å²) in [5.41, 5.74) is 1.12. The number of aromatic nitrogens is 1. The molecule has 0 aliphatic carbocycles. The minimum absolute atomic E-state index is 0.0885. The van der Waals surface area contributed by atoms with Gasteiger partial charge in [-0.05, 0) is 23.3 Å². The van der Waals surface area contributed by atoms with Crippen LogP contribution in [-0.4, -0.2) is 4.57 Å². The Bertz CT molecular complexity index is 934. The summed E-state index contributed by atoms with van der Waals surface area (Å²) in [5, 5.41) is 0. The van der Waals surface area contributed by atoms with Crippen LogP contribution in [0.1, 0.15) is 16.7 Å². The summed E-state index contributed by atoms with van der Waals surface area (Å²) in [6.07, 6.45) is 1.78. The van der Waals surface area contributed by atoms with E-state index in [0.29, 0.717) is 16.7 Å². The van der Waals surface area contributed by atoms with Gasteiger partial charge in [-0.3, -0.25) is 4.79 Å². The first-order chi connectivity index (χ1) is 11.5. The van der Waals surface area contributed by atoms with Gasteiger partial charge in [0.1, 0.15) is 17.5 Å². The molecule has 3 rings (SSSR count). The fraction of sp³-hybridized carbons (Fsp3) is 0.105. The van der Waals surface area contributed by atoms with Crippen LogP contribution in [0.5, 0.6) is 0 Å². The predicted molar refractivity (Wildman–Crippen MR) is 85.4 cm³/mol. The maximum atomic E-state index is 13.8. The molecule has 3 aromatic rings. The lowest BCUT2D eigenvalue weighted by molar-refractivity contribution is 0.574. The Morgan fingerprint density at radius 1 is 0.833 bits per heavy atom. The molecular formula is C19H14F3NO. The highest BCUT2D eigenvalue weighted by atomic mass is 19.1. The van der Waals surface area contributed by atoms with Crippen molar-refractivity contribution in [1.82, 2.24) is 4.57 Å². The minimum Gasteiger partial charge on any atom is -0.311 e. The van der Waals surface area contributed by atoms with Crippen molar-refractivity contribution in [1.29, 1.82) is 0 Å². The Hall–Kier alpha value is -2.82. The molecule has 0 fully saturated rings. The minimum atomic E-state index is -0.638. The van der Waals surface area contributed by atoms with E-state index < -0.39 is 11.6 Å². The van der Waals surface area contributed by atoms with Crippen molar-refractivity contribution in [2.45, 2.75) is 13.0 Å². The van der Waals surface area contributed by atoms with Gasteiger partial charge in [0.25, 0.3) is 5.56 Å². The van der Waals surface area contributed by atoms with Crippen molar-refractivity contribution in [2.24, 2.45) is 0 Å². The number of hydrogen-bond donors (Lipinski definition) is 0. The number of pyridine rings is 1. The molecule has 2 nitrogen and oxygen atoms in total. The number of hydrogen-bond acceptors (Lipinski definition) is 1. The van der Waals surface area contributed by atoms with Crippen molar-refractivity contribution in [2.75, 3.05) is 0 Å². The zero-order valence-corrected chi connectivity index (χ0v) is 12.7. The van der Waals surface area contributed by atoms with Gasteiger partial charge in [-0.15, -0.1) is 0 Å². The van der Waals surface area contributed by atoms with E-state index in [1.165, 1.54) is 28.8 Å². The lowest BCUT2D eigenvalue weighted by atomic mass is 10.1. The lowest BCUT2D eigenvalue weighted by Gasteiger charge is -2.10. The van der Waals surface area contributed by atoms with Crippen LogP contribution < -0.4 is 5.56 Å². The Balaban J connectivity index is 1.89. The highest BCUT2D eigenvalue weighted by Crippen LogP contribution is 2.15. The summed E-state index contributed by atoms with van der Waals surface area (Å²) >= 11 is 0. The molecule has 0 atom stereocenters. The van der Waals surface area contributed by atoms with Crippen molar-refractivity contribution in [3.63, 3.8) is 0 Å². The molecule has 122 valence electrons.